The molecule has 1 aliphatic rings. The molecule has 1 atom stereocenters. The maximum absolute atomic E-state index is 12.1. The average Bonchev–Trinajstić information content (AvgIpc) is 2.40. The standard InChI is InChI=1S/C15H20N2O2/c1-11-6-5-9-17(10-11)15(19)14(18)16-13-8-4-3-7-12(13)2/h3-4,7-8,11H,5-6,9-10H2,1-2H3,(H,16,18). The summed E-state index contributed by atoms with van der Waals surface area (Å²) in [5.41, 5.74) is 1.65. The van der Waals surface area contributed by atoms with Crippen LogP contribution in [0.5, 0.6) is 0 Å². The molecular weight excluding hydrogens is 240 g/mol. The van der Waals surface area contributed by atoms with Crippen molar-refractivity contribution in [3.8, 4) is 0 Å². The summed E-state index contributed by atoms with van der Waals surface area (Å²) in [6, 6.07) is 7.46. The van der Waals surface area contributed by atoms with E-state index in [-0.39, 0.29) is 0 Å². The Balaban J connectivity index is 2.00. The normalized spacial score (nSPS) is 19.1. The Morgan fingerprint density at radius 2 is 2.05 bits per heavy atom. The molecule has 1 aromatic rings. The first-order chi connectivity index (χ1) is 9.08. The molecule has 1 N–H and O–H groups in total. The van der Waals surface area contributed by atoms with Gasteiger partial charge in [0.1, 0.15) is 0 Å². The number of hydrogen-bond donors (Lipinski definition) is 1. The summed E-state index contributed by atoms with van der Waals surface area (Å²) >= 11 is 0. The van der Waals surface area contributed by atoms with Crippen LogP contribution in [0, 0.1) is 12.8 Å². The third kappa shape index (κ3) is 3.34. The molecule has 0 aromatic heterocycles. The van der Waals surface area contributed by atoms with Crippen molar-refractivity contribution in [2.24, 2.45) is 5.92 Å². The predicted molar refractivity (Wildman–Crippen MR) is 74.8 cm³/mol. The van der Waals surface area contributed by atoms with E-state index in [1.54, 1.807) is 11.0 Å². The van der Waals surface area contributed by atoms with Gasteiger partial charge in [0.2, 0.25) is 0 Å². The number of rotatable bonds is 1. The Labute approximate surface area is 113 Å². The topological polar surface area (TPSA) is 49.4 Å². The maximum atomic E-state index is 12.1. The number of anilines is 1. The lowest BCUT2D eigenvalue weighted by molar-refractivity contribution is -0.144. The van der Waals surface area contributed by atoms with Crippen molar-refractivity contribution in [3.63, 3.8) is 0 Å². The van der Waals surface area contributed by atoms with Crippen LogP contribution in [0.25, 0.3) is 0 Å². The molecule has 4 nitrogen and oxygen atoms in total. The molecule has 4 heteroatoms. The highest BCUT2D eigenvalue weighted by molar-refractivity contribution is 6.39. The number of likely N-dealkylation sites (tertiary alicyclic amines) is 1. The highest BCUT2D eigenvalue weighted by Crippen LogP contribution is 2.17. The quantitative estimate of drug-likeness (QED) is 0.787. The number of nitrogens with one attached hydrogen (secondary N) is 1. The van der Waals surface area contributed by atoms with Crippen LogP contribution in [-0.4, -0.2) is 29.8 Å². The molecule has 2 amide bonds. The summed E-state index contributed by atoms with van der Waals surface area (Å²) in [6.45, 7) is 5.38. The minimum Gasteiger partial charge on any atom is -0.334 e. The maximum Gasteiger partial charge on any atom is 0.313 e. The molecule has 1 aliphatic heterocycles. The van der Waals surface area contributed by atoms with Gasteiger partial charge < -0.3 is 10.2 Å². The number of carbonyl (C=O) groups is 2. The average molecular weight is 260 g/mol. The molecule has 0 aliphatic carbocycles. The van der Waals surface area contributed by atoms with E-state index >= 15 is 0 Å². The van der Waals surface area contributed by atoms with E-state index in [0.717, 1.165) is 18.4 Å². The van der Waals surface area contributed by atoms with E-state index in [9.17, 15) is 9.59 Å². The Morgan fingerprint density at radius 1 is 1.32 bits per heavy atom. The second-order valence-electron chi connectivity index (χ2n) is 5.27. The van der Waals surface area contributed by atoms with Crippen LogP contribution >= 0.6 is 0 Å². The van der Waals surface area contributed by atoms with Crippen LogP contribution in [0.2, 0.25) is 0 Å². The minimum atomic E-state index is -0.539. The monoisotopic (exact) mass is 260 g/mol. The van der Waals surface area contributed by atoms with Crippen LogP contribution < -0.4 is 5.32 Å². The van der Waals surface area contributed by atoms with E-state index in [1.807, 2.05) is 25.1 Å². The summed E-state index contributed by atoms with van der Waals surface area (Å²) < 4.78 is 0. The van der Waals surface area contributed by atoms with Gasteiger partial charge in [-0.1, -0.05) is 25.1 Å². The van der Waals surface area contributed by atoms with Crippen molar-refractivity contribution < 1.29 is 9.59 Å². The second-order valence-corrected chi connectivity index (χ2v) is 5.27. The summed E-state index contributed by atoms with van der Waals surface area (Å²) in [5, 5.41) is 2.69. The van der Waals surface area contributed by atoms with Gasteiger partial charge in [-0.2, -0.15) is 0 Å². The Bertz CT molecular complexity index is 485. The fraction of sp³-hybridized carbons (Fsp3) is 0.467. The zero-order chi connectivity index (χ0) is 13.8. The Kier molecular flexibility index (Phi) is 4.20. The lowest BCUT2D eigenvalue weighted by Gasteiger charge is -2.30. The van der Waals surface area contributed by atoms with Gasteiger partial charge in [0.25, 0.3) is 0 Å². The molecule has 1 unspecified atom stereocenters. The summed E-state index contributed by atoms with van der Waals surface area (Å²) in [5.74, 6) is -0.484. The zero-order valence-corrected chi connectivity index (χ0v) is 11.5. The molecule has 102 valence electrons. The van der Waals surface area contributed by atoms with Crippen molar-refractivity contribution in [1.82, 2.24) is 4.90 Å². The fourth-order valence-electron chi connectivity index (χ4n) is 2.41. The van der Waals surface area contributed by atoms with Crippen LogP contribution in [0.1, 0.15) is 25.3 Å². The van der Waals surface area contributed by atoms with Gasteiger partial charge >= 0.3 is 11.8 Å². The SMILES string of the molecule is Cc1ccccc1NC(=O)C(=O)N1CCCC(C)C1. The first-order valence-corrected chi connectivity index (χ1v) is 6.74. The van der Waals surface area contributed by atoms with E-state index in [4.69, 9.17) is 0 Å². The number of nitrogens with zero attached hydrogens (tertiary/aromatic N) is 1. The molecule has 0 saturated carbocycles. The summed E-state index contributed by atoms with van der Waals surface area (Å²) in [4.78, 5) is 25.7. The third-order valence-electron chi connectivity index (χ3n) is 3.53. The molecule has 0 radical (unpaired) electrons. The van der Waals surface area contributed by atoms with Gasteiger partial charge in [0.15, 0.2) is 0 Å². The van der Waals surface area contributed by atoms with Gasteiger partial charge in [-0.25, -0.2) is 0 Å². The molecule has 2 rings (SSSR count). The van der Waals surface area contributed by atoms with Gasteiger partial charge in [-0.3, -0.25) is 9.59 Å². The lowest BCUT2D eigenvalue weighted by atomic mass is 10.0. The first kappa shape index (κ1) is 13.6. The van der Waals surface area contributed by atoms with E-state index in [0.29, 0.717) is 24.7 Å². The van der Waals surface area contributed by atoms with Crippen molar-refractivity contribution in [3.05, 3.63) is 29.8 Å². The first-order valence-electron chi connectivity index (χ1n) is 6.74. The summed E-state index contributed by atoms with van der Waals surface area (Å²) in [7, 11) is 0. The number of para-hydroxylation sites is 1. The Hall–Kier alpha value is -1.84. The highest BCUT2D eigenvalue weighted by atomic mass is 16.2. The molecule has 0 spiro atoms. The van der Waals surface area contributed by atoms with Crippen LogP contribution in [0.3, 0.4) is 0 Å². The number of aryl methyl sites for hydroxylation is 1. The van der Waals surface area contributed by atoms with Crippen LogP contribution in [0.15, 0.2) is 24.3 Å². The van der Waals surface area contributed by atoms with Crippen molar-refractivity contribution in [1.29, 1.82) is 0 Å². The fourth-order valence-corrected chi connectivity index (χ4v) is 2.41. The van der Waals surface area contributed by atoms with E-state index in [1.165, 1.54) is 0 Å². The number of amides is 2. The third-order valence-corrected chi connectivity index (χ3v) is 3.53. The molecule has 1 fully saturated rings. The number of carbonyl (C=O) groups excluding carboxylic acids is 2. The lowest BCUT2D eigenvalue weighted by Crippen LogP contribution is -2.44. The van der Waals surface area contributed by atoms with Gasteiger partial charge in [0.05, 0.1) is 0 Å². The van der Waals surface area contributed by atoms with Gasteiger partial charge in [-0.05, 0) is 37.3 Å². The largest absolute Gasteiger partial charge is 0.334 e. The van der Waals surface area contributed by atoms with Crippen LogP contribution in [-0.2, 0) is 9.59 Å². The zero-order valence-electron chi connectivity index (χ0n) is 11.5. The summed E-state index contributed by atoms with van der Waals surface area (Å²) in [6.07, 6.45) is 2.10. The molecule has 19 heavy (non-hydrogen) atoms. The van der Waals surface area contributed by atoms with Crippen molar-refractivity contribution >= 4 is 17.5 Å². The molecular formula is C15H20N2O2. The van der Waals surface area contributed by atoms with Gasteiger partial charge in [-0.15, -0.1) is 0 Å². The molecule has 1 aromatic carbocycles. The second kappa shape index (κ2) is 5.87. The molecule has 1 saturated heterocycles. The molecule has 0 bridgehead atoms. The number of piperidine rings is 1. The Morgan fingerprint density at radius 3 is 2.74 bits per heavy atom. The smallest absolute Gasteiger partial charge is 0.313 e. The van der Waals surface area contributed by atoms with Crippen molar-refractivity contribution in [2.45, 2.75) is 26.7 Å². The van der Waals surface area contributed by atoms with E-state index in [2.05, 4.69) is 12.2 Å². The number of benzene rings is 1. The molecule has 1 heterocycles. The number of hydrogen-bond acceptors (Lipinski definition) is 2. The highest BCUT2D eigenvalue weighted by Gasteiger charge is 2.26. The van der Waals surface area contributed by atoms with E-state index < -0.39 is 11.8 Å². The minimum absolute atomic E-state index is 0.421. The van der Waals surface area contributed by atoms with Gasteiger partial charge in [0, 0.05) is 18.8 Å². The predicted octanol–water partition coefficient (Wildman–Crippen LogP) is 2.19. The van der Waals surface area contributed by atoms with Crippen LogP contribution in [0.4, 0.5) is 5.69 Å². The van der Waals surface area contributed by atoms with Crippen molar-refractivity contribution in [2.75, 3.05) is 18.4 Å².